The van der Waals surface area contributed by atoms with E-state index in [-0.39, 0.29) is 28.0 Å². The van der Waals surface area contributed by atoms with Crippen LogP contribution in [0.1, 0.15) is 38.2 Å². The summed E-state index contributed by atoms with van der Waals surface area (Å²) in [6, 6.07) is 0. The van der Waals surface area contributed by atoms with Gasteiger partial charge in [-0.25, -0.2) is 29.5 Å². The molecule has 0 aliphatic heterocycles. The molecule has 0 bridgehead atoms. The summed E-state index contributed by atoms with van der Waals surface area (Å²) in [6.07, 6.45) is 1.43. The van der Waals surface area contributed by atoms with Crippen molar-refractivity contribution in [1.82, 2.24) is 19.9 Å². The lowest BCUT2D eigenvalue weighted by molar-refractivity contribution is 0.0585. The topological polar surface area (TPSA) is 156 Å². The molecule has 10 nitrogen and oxygen atoms in total. The van der Waals surface area contributed by atoms with Gasteiger partial charge in [0, 0.05) is 5.56 Å². The second kappa shape index (κ2) is 9.43. The lowest BCUT2D eigenvalue weighted by atomic mass is 10.2. The van der Waals surface area contributed by atoms with E-state index >= 15 is 0 Å². The first-order valence-corrected chi connectivity index (χ1v) is 7.76. The zero-order valence-electron chi connectivity index (χ0n) is 15.2. The summed E-state index contributed by atoms with van der Waals surface area (Å²) in [5.74, 6) is -0.0578. The van der Waals surface area contributed by atoms with E-state index in [1.807, 2.05) is 0 Å². The molecule has 0 saturated heterocycles. The van der Waals surface area contributed by atoms with E-state index in [0.29, 0.717) is 17.2 Å². The lowest BCUT2D eigenvalue weighted by Crippen LogP contribution is -2.11. The number of nitrogens with zero attached hydrogens (tertiary/aromatic N) is 4. The molecule has 0 atom stereocenters. The first-order valence-electron chi connectivity index (χ1n) is 7.39. The quantitative estimate of drug-likeness (QED) is 0.732. The minimum atomic E-state index is -0.623. The van der Waals surface area contributed by atoms with E-state index in [2.05, 4.69) is 36.0 Å². The van der Waals surface area contributed by atoms with E-state index < -0.39 is 11.9 Å². The van der Waals surface area contributed by atoms with Crippen LogP contribution in [-0.4, -0.2) is 46.1 Å². The van der Waals surface area contributed by atoms with Gasteiger partial charge in [0.25, 0.3) is 0 Å². The van der Waals surface area contributed by atoms with Crippen LogP contribution in [0.2, 0.25) is 5.02 Å². The van der Waals surface area contributed by atoms with Crippen LogP contribution in [0.4, 0.5) is 11.6 Å². The van der Waals surface area contributed by atoms with E-state index in [1.54, 1.807) is 13.8 Å². The van der Waals surface area contributed by atoms with Crippen LogP contribution in [-0.2, 0) is 9.47 Å². The summed E-state index contributed by atoms with van der Waals surface area (Å²) >= 11 is 5.69. The van der Waals surface area contributed by atoms with Crippen LogP contribution in [0.5, 0.6) is 0 Å². The Morgan fingerprint density at radius 3 is 1.85 bits per heavy atom. The van der Waals surface area contributed by atoms with Gasteiger partial charge in [-0.05, 0) is 13.8 Å². The number of hydrogen-bond acceptors (Lipinski definition) is 10. The normalized spacial score (nSPS) is 9.67. The molecule has 2 rings (SSSR count). The highest BCUT2D eigenvalue weighted by Gasteiger charge is 2.17. The molecular weight excluding hydrogens is 376 g/mol. The predicted octanol–water partition coefficient (Wildman–Crippen LogP) is 1.60. The van der Waals surface area contributed by atoms with Crippen LogP contribution in [0.3, 0.4) is 0 Å². The lowest BCUT2D eigenvalue weighted by Gasteiger charge is -2.06. The van der Waals surface area contributed by atoms with Gasteiger partial charge in [0.15, 0.2) is 11.4 Å². The molecule has 0 radical (unpaired) electrons. The Kier molecular flexibility index (Phi) is 7.61. The SMILES string of the molecule is C=Cc1c(N)nc(C)nc1C(=O)OC.COC(=O)c1nc(C)nc(N)c1Cl. The smallest absolute Gasteiger partial charge is 0.358 e. The summed E-state index contributed by atoms with van der Waals surface area (Å²) in [4.78, 5) is 37.8. The van der Waals surface area contributed by atoms with Crippen LogP contribution < -0.4 is 11.5 Å². The Hall–Kier alpha value is -3.27. The van der Waals surface area contributed by atoms with Crippen molar-refractivity contribution >= 4 is 41.3 Å². The maximum absolute atomic E-state index is 11.3. The number of anilines is 2. The number of aryl methyl sites for hydroxylation is 2. The van der Waals surface area contributed by atoms with Crippen molar-refractivity contribution in [2.24, 2.45) is 0 Å². The molecule has 27 heavy (non-hydrogen) atoms. The molecule has 2 aromatic heterocycles. The van der Waals surface area contributed by atoms with Crippen LogP contribution in [0.25, 0.3) is 6.08 Å². The third kappa shape index (κ3) is 5.35. The van der Waals surface area contributed by atoms with Gasteiger partial charge in [0.1, 0.15) is 28.3 Å². The van der Waals surface area contributed by atoms with Crippen LogP contribution >= 0.6 is 11.6 Å². The largest absolute Gasteiger partial charge is 0.464 e. The number of nitrogens with two attached hydrogens (primary N) is 2. The zero-order valence-corrected chi connectivity index (χ0v) is 16.0. The average Bonchev–Trinajstić information content (AvgIpc) is 2.63. The average molecular weight is 395 g/mol. The Balaban J connectivity index is 0.000000271. The predicted molar refractivity (Wildman–Crippen MR) is 100 cm³/mol. The molecule has 0 amide bonds. The van der Waals surface area contributed by atoms with E-state index in [4.69, 9.17) is 23.1 Å². The highest BCUT2D eigenvalue weighted by molar-refractivity contribution is 6.35. The highest BCUT2D eigenvalue weighted by atomic mass is 35.5. The number of carbonyl (C=O) groups is 2. The van der Waals surface area contributed by atoms with Crippen molar-refractivity contribution in [3.05, 3.63) is 40.2 Å². The Labute approximate surface area is 160 Å². The minimum absolute atomic E-state index is 0.00540. The Morgan fingerprint density at radius 1 is 0.926 bits per heavy atom. The van der Waals surface area contributed by atoms with E-state index in [0.717, 1.165) is 0 Å². The number of rotatable bonds is 3. The standard InChI is InChI=1S/C9H11N3O2.C7H8ClN3O2/c1-4-6-7(9(13)14-3)11-5(2)12-8(6)10;1-3-10-5(7(12)13-2)4(8)6(9)11-3/h4H,1H2,2-3H3,(H2,10,11,12);1-2H3,(H2,9,10,11). The molecule has 144 valence electrons. The number of hydrogen-bond donors (Lipinski definition) is 2. The number of methoxy groups -OCH3 is 2. The fourth-order valence-corrected chi connectivity index (χ4v) is 2.03. The van der Waals surface area contributed by atoms with Crippen molar-refractivity contribution in [3.63, 3.8) is 0 Å². The van der Waals surface area contributed by atoms with Gasteiger partial charge in [0.05, 0.1) is 14.2 Å². The number of nitrogen functional groups attached to an aromatic ring is 2. The van der Waals surface area contributed by atoms with Crippen molar-refractivity contribution < 1.29 is 19.1 Å². The van der Waals surface area contributed by atoms with E-state index in [1.165, 1.54) is 20.3 Å². The Bertz CT molecular complexity index is 888. The summed E-state index contributed by atoms with van der Waals surface area (Å²) < 4.78 is 9.01. The van der Waals surface area contributed by atoms with Crippen molar-refractivity contribution in [1.29, 1.82) is 0 Å². The molecule has 2 heterocycles. The summed E-state index contributed by atoms with van der Waals surface area (Å²) in [5.41, 5.74) is 11.6. The monoisotopic (exact) mass is 394 g/mol. The number of esters is 2. The first kappa shape index (κ1) is 21.8. The third-order valence-electron chi connectivity index (χ3n) is 3.04. The van der Waals surface area contributed by atoms with Gasteiger partial charge in [-0.15, -0.1) is 0 Å². The van der Waals surface area contributed by atoms with E-state index in [9.17, 15) is 9.59 Å². The van der Waals surface area contributed by atoms with Gasteiger partial charge in [0.2, 0.25) is 0 Å². The Morgan fingerprint density at radius 2 is 1.37 bits per heavy atom. The molecule has 11 heteroatoms. The molecule has 2 aromatic rings. The molecule has 0 fully saturated rings. The number of aromatic nitrogens is 4. The van der Waals surface area contributed by atoms with Gasteiger partial charge in [-0.3, -0.25) is 0 Å². The first-order chi connectivity index (χ1) is 12.7. The number of halogens is 1. The van der Waals surface area contributed by atoms with Gasteiger partial charge in [-0.2, -0.15) is 0 Å². The third-order valence-corrected chi connectivity index (χ3v) is 3.41. The zero-order chi connectivity index (χ0) is 20.7. The maximum Gasteiger partial charge on any atom is 0.358 e. The molecule has 0 aliphatic carbocycles. The van der Waals surface area contributed by atoms with Gasteiger partial charge in [-0.1, -0.05) is 24.3 Å². The summed E-state index contributed by atoms with van der Waals surface area (Å²) in [7, 11) is 2.52. The maximum atomic E-state index is 11.3. The number of carbonyl (C=O) groups excluding carboxylic acids is 2. The summed E-state index contributed by atoms with van der Waals surface area (Å²) in [6.45, 7) is 6.79. The molecule has 0 aliphatic rings. The second-order valence-corrected chi connectivity index (χ2v) is 5.30. The van der Waals surface area contributed by atoms with Gasteiger partial charge >= 0.3 is 11.9 Å². The number of ether oxygens (including phenoxy) is 2. The molecule has 4 N–H and O–H groups in total. The molecular formula is C16H19ClN6O4. The second-order valence-electron chi connectivity index (χ2n) is 4.92. The fraction of sp³-hybridized carbons (Fsp3) is 0.250. The van der Waals surface area contributed by atoms with Crippen LogP contribution in [0.15, 0.2) is 6.58 Å². The molecule has 0 saturated carbocycles. The van der Waals surface area contributed by atoms with Crippen LogP contribution in [0, 0.1) is 13.8 Å². The molecule has 0 unspecified atom stereocenters. The minimum Gasteiger partial charge on any atom is -0.464 e. The fourth-order valence-electron chi connectivity index (χ4n) is 1.87. The molecule has 0 spiro atoms. The molecule has 0 aromatic carbocycles. The summed E-state index contributed by atoms with van der Waals surface area (Å²) in [5, 5.41) is 0.0254. The highest BCUT2D eigenvalue weighted by Crippen LogP contribution is 2.20. The van der Waals surface area contributed by atoms with Crippen molar-refractivity contribution in [2.75, 3.05) is 25.7 Å². The van der Waals surface area contributed by atoms with Crippen molar-refractivity contribution in [3.8, 4) is 0 Å². The van der Waals surface area contributed by atoms with Crippen molar-refractivity contribution in [2.45, 2.75) is 13.8 Å². The van der Waals surface area contributed by atoms with Gasteiger partial charge < -0.3 is 20.9 Å².